The Morgan fingerprint density at radius 2 is 2.06 bits per heavy atom. The maximum atomic E-state index is 5.74. The topological polar surface area (TPSA) is 76.7 Å². The van der Waals surface area contributed by atoms with Crippen molar-refractivity contribution in [3.8, 4) is 0 Å². The molecule has 2 aromatic heterocycles. The monoisotopic (exact) mass is 253 g/mol. The van der Waals surface area contributed by atoms with E-state index in [9.17, 15) is 0 Å². The molecule has 0 amide bonds. The summed E-state index contributed by atoms with van der Waals surface area (Å²) in [5.74, 6) is 5.75. The summed E-state index contributed by atoms with van der Waals surface area (Å²) in [7, 11) is 0. The minimum atomic E-state index is 0.513. The molecule has 0 fully saturated rings. The second-order valence-electron chi connectivity index (χ2n) is 2.80. The van der Waals surface area contributed by atoms with Crippen molar-refractivity contribution in [2.24, 2.45) is 5.84 Å². The van der Waals surface area contributed by atoms with Crippen LogP contribution in [0, 0.1) is 0 Å². The summed E-state index contributed by atoms with van der Waals surface area (Å²) < 4.78 is 0. The van der Waals surface area contributed by atoms with Crippen LogP contribution in [-0.4, -0.2) is 15.0 Å². The van der Waals surface area contributed by atoms with Gasteiger partial charge in [0, 0.05) is 6.20 Å². The first-order valence-corrected chi connectivity index (χ1v) is 5.55. The summed E-state index contributed by atoms with van der Waals surface area (Å²) >= 11 is 7.12. The molecule has 2 heterocycles. The number of nitrogens with zero attached hydrogens (tertiary/aromatic N) is 3. The molecule has 0 radical (unpaired) electrons. The Bertz CT molecular complexity index is 476. The second kappa shape index (κ2) is 5.11. The smallest absolute Gasteiger partial charge is 0.159 e. The molecule has 0 saturated heterocycles. The zero-order chi connectivity index (χ0) is 11.4. The van der Waals surface area contributed by atoms with Crippen molar-refractivity contribution >= 4 is 29.2 Å². The van der Waals surface area contributed by atoms with E-state index in [1.807, 2.05) is 6.07 Å². The number of nitrogens with two attached hydrogens (primary N) is 1. The average Bonchev–Trinajstić information content (AvgIpc) is 2.32. The van der Waals surface area contributed by atoms with Crippen molar-refractivity contribution < 1.29 is 0 Å². The first-order chi connectivity index (χ1) is 7.78. The number of anilines is 1. The summed E-state index contributed by atoms with van der Waals surface area (Å²) in [6.07, 6.45) is 4.77. The molecule has 0 unspecified atom stereocenters. The van der Waals surface area contributed by atoms with Crippen molar-refractivity contribution in [3.05, 3.63) is 35.7 Å². The molecular weight excluding hydrogens is 246 g/mol. The van der Waals surface area contributed by atoms with E-state index < -0.39 is 0 Å². The summed E-state index contributed by atoms with van der Waals surface area (Å²) in [6.45, 7) is 0. The Balaban J connectivity index is 2.16. The van der Waals surface area contributed by atoms with E-state index in [4.69, 9.17) is 17.4 Å². The number of hydrazine groups is 1. The van der Waals surface area contributed by atoms with E-state index in [2.05, 4.69) is 20.4 Å². The van der Waals surface area contributed by atoms with Gasteiger partial charge in [-0.2, -0.15) is 0 Å². The number of aromatic nitrogens is 3. The highest BCUT2D eigenvalue weighted by atomic mass is 35.5. The third-order valence-corrected chi connectivity index (χ3v) is 2.75. The van der Waals surface area contributed by atoms with Crippen molar-refractivity contribution in [3.63, 3.8) is 0 Å². The quantitative estimate of drug-likeness (QED) is 0.643. The number of pyridine rings is 1. The second-order valence-corrected chi connectivity index (χ2v) is 4.28. The van der Waals surface area contributed by atoms with E-state index in [-0.39, 0.29) is 0 Å². The molecular formula is C9H8ClN5S. The lowest BCUT2D eigenvalue weighted by Gasteiger charge is -2.02. The molecule has 0 atom stereocenters. The Hall–Kier alpha value is -1.37. The Morgan fingerprint density at radius 1 is 1.19 bits per heavy atom. The lowest BCUT2D eigenvalue weighted by molar-refractivity contribution is 1.03. The van der Waals surface area contributed by atoms with Crippen LogP contribution in [0.1, 0.15) is 0 Å². The van der Waals surface area contributed by atoms with E-state index in [1.165, 1.54) is 11.8 Å². The van der Waals surface area contributed by atoms with Crippen LogP contribution in [0.4, 0.5) is 5.82 Å². The lowest BCUT2D eigenvalue weighted by atomic mass is 10.5. The molecule has 0 aliphatic heterocycles. The Morgan fingerprint density at radius 3 is 2.75 bits per heavy atom. The average molecular weight is 254 g/mol. The molecule has 82 valence electrons. The first-order valence-electron chi connectivity index (χ1n) is 4.36. The zero-order valence-electron chi connectivity index (χ0n) is 8.09. The van der Waals surface area contributed by atoms with Crippen molar-refractivity contribution in [2.75, 3.05) is 5.43 Å². The molecule has 2 aromatic rings. The standard InChI is InChI=1S/C9H8ClN5S/c10-6-1-2-8(13-3-6)16-9-5-12-4-7(14-9)15-11/h1-5H,11H2,(H,14,15). The van der Waals surface area contributed by atoms with E-state index in [0.717, 1.165) is 5.03 Å². The van der Waals surface area contributed by atoms with Crippen LogP contribution in [-0.2, 0) is 0 Å². The fourth-order valence-electron chi connectivity index (χ4n) is 0.997. The van der Waals surface area contributed by atoms with Crippen LogP contribution in [0.25, 0.3) is 0 Å². The van der Waals surface area contributed by atoms with Crippen molar-refractivity contribution in [1.29, 1.82) is 0 Å². The maximum Gasteiger partial charge on any atom is 0.159 e. The zero-order valence-corrected chi connectivity index (χ0v) is 9.66. The van der Waals surface area contributed by atoms with Gasteiger partial charge < -0.3 is 5.43 Å². The molecule has 0 aromatic carbocycles. The van der Waals surface area contributed by atoms with Gasteiger partial charge in [0.05, 0.1) is 17.4 Å². The first kappa shape index (κ1) is 11.1. The molecule has 7 heteroatoms. The Labute approximate surface area is 101 Å². The number of hydrogen-bond acceptors (Lipinski definition) is 6. The van der Waals surface area contributed by atoms with Crippen molar-refractivity contribution in [2.45, 2.75) is 10.1 Å². The fourth-order valence-corrected chi connectivity index (χ4v) is 1.82. The Kier molecular flexibility index (Phi) is 3.55. The van der Waals surface area contributed by atoms with Gasteiger partial charge in [0.15, 0.2) is 5.82 Å². The minimum Gasteiger partial charge on any atom is -0.307 e. The molecule has 16 heavy (non-hydrogen) atoms. The van der Waals surface area contributed by atoms with Gasteiger partial charge >= 0.3 is 0 Å². The highest BCUT2D eigenvalue weighted by Crippen LogP contribution is 2.24. The van der Waals surface area contributed by atoms with Gasteiger partial charge in [0.1, 0.15) is 10.1 Å². The third-order valence-electron chi connectivity index (χ3n) is 1.67. The maximum absolute atomic E-state index is 5.74. The molecule has 0 saturated carbocycles. The van der Waals surface area contributed by atoms with E-state index in [1.54, 1.807) is 24.7 Å². The van der Waals surface area contributed by atoms with Gasteiger partial charge in [0.2, 0.25) is 0 Å². The molecule has 0 spiro atoms. The molecule has 0 aliphatic rings. The van der Waals surface area contributed by atoms with Crippen LogP contribution in [0.2, 0.25) is 5.02 Å². The fraction of sp³-hybridized carbons (Fsp3) is 0. The van der Waals surface area contributed by atoms with Gasteiger partial charge in [-0.15, -0.1) is 0 Å². The van der Waals surface area contributed by atoms with Crippen LogP contribution < -0.4 is 11.3 Å². The van der Waals surface area contributed by atoms with Gasteiger partial charge in [-0.25, -0.2) is 15.8 Å². The lowest BCUT2D eigenvalue weighted by Crippen LogP contribution is -2.08. The third kappa shape index (κ3) is 2.82. The molecule has 2 rings (SSSR count). The van der Waals surface area contributed by atoms with Crippen molar-refractivity contribution in [1.82, 2.24) is 15.0 Å². The molecule has 3 N–H and O–H groups in total. The molecule has 5 nitrogen and oxygen atoms in total. The summed E-state index contributed by atoms with van der Waals surface area (Å²) in [5.41, 5.74) is 2.43. The molecule has 0 bridgehead atoms. The minimum absolute atomic E-state index is 0.513. The van der Waals surface area contributed by atoms with E-state index >= 15 is 0 Å². The predicted octanol–water partition coefficient (Wildman–Crippen LogP) is 1.96. The predicted molar refractivity (Wildman–Crippen MR) is 63.2 cm³/mol. The van der Waals surface area contributed by atoms with Crippen LogP contribution in [0.15, 0.2) is 40.8 Å². The van der Waals surface area contributed by atoms with E-state index in [0.29, 0.717) is 15.9 Å². The number of nitrogens with one attached hydrogen (secondary N) is 1. The number of nitrogen functional groups attached to an aromatic ring is 1. The highest BCUT2D eigenvalue weighted by molar-refractivity contribution is 7.99. The summed E-state index contributed by atoms with van der Waals surface area (Å²) in [6, 6.07) is 3.59. The van der Waals surface area contributed by atoms with Crippen LogP contribution in [0.5, 0.6) is 0 Å². The van der Waals surface area contributed by atoms with Gasteiger partial charge in [0.25, 0.3) is 0 Å². The van der Waals surface area contributed by atoms with Crippen LogP contribution in [0.3, 0.4) is 0 Å². The number of hydrogen-bond donors (Lipinski definition) is 2. The van der Waals surface area contributed by atoms with Gasteiger partial charge in [-0.3, -0.25) is 4.98 Å². The van der Waals surface area contributed by atoms with Gasteiger partial charge in [-0.05, 0) is 23.9 Å². The largest absolute Gasteiger partial charge is 0.307 e. The van der Waals surface area contributed by atoms with Crippen LogP contribution >= 0.6 is 23.4 Å². The number of rotatable bonds is 3. The summed E-state index contributed by atoms with van der Waals surface area (Å²) in [5, 5.41) is 2.12. The number of halogens is 1. The SMILES string of the molecule is NNc1cncc(Sc2ccc(Cl)cn2)n1. The molecule has 0 aliphatic carbocycles. The summed E-state index contributed by atoms with van der Waals surface area (Å²) in [4.78, 5) is 12.3. The normalized spacial score (nSPS) is 10.1. The van der Waals surface area contributed by atoms with Gasteiger partial charge in [-0.1, -0.05) is 11.6 Å². The highest BCUT2D eigenvalue weighted by Gasteiger charge is 2.01.